The second-order valence-electron chi connectivity index (χ2n) is 7.38. The number of urea groups is 1. The van der Waals surface area contributed by atoms with E-state index in [0.717, 1.165) is 63.6 Å². The van der Waals surface area contributed by atoms with Gasteiger partial charge in [0.05, 0.1) is 24.9 Å². The van der Waals surface area contributed by atoms with Crippen LogP contribution in [0.15, 0.2) is 6.20 Å². The number of hydrogen-bond donors (Lipinski definition) is 1. The number of ether oxygens (including phenoxy) is 1. The lowest BCUT2D eigenvalue weighted by Crippen LogP contribution is -2.49. The SMILES string of the molecule is Cc1nn(C)cc1C(C)NC(=O)N1CCCC(CN2CCOCC2)C1. The summed E-state index contributed by atoms with van der Waals surface area (Å²) in [5.74, 6) is 0.563. The molecule has 2 saturated heterocycles. The first kappa shape index (κ1) is 18.2. The lowest BCUT2D eigenvalue weighted by Gasteiger charge is -2.37. The molecule has 25 heavy (non-hydrogen) atoms. The zero-order valence-corrected chi connectivity index (χ0v) is 15.7. The minimum Gasteiger partial charge on any atom is -0.379 e. The lowest BCUT2D eigenvalue weighted by atomic mass is 9.97. The average molecular weight is 349 g/mol. The van der Waals surface area contributed by atoms with Crippen LogP contribution >= 0.6 is 0 Å². The van der Waals surface area contributed by atoms with E-state index < -0.39 is 0 Å². The smallest absolute Gasteiger partial charge is 0.317 e. The summed E-state index contributed by atoms with van der Waals surface area (Å²) >= 11 is 0. The lowest BCUT2D eigenvalue weighted by molar-refractivity contribution is 0.0248. The van der Waals surface area contributed by atoms with Crippen LogP contribution in [0.5, 0.6) is 0 Å². The molecule has 2 amide bonds. The number of piperidine rings is 1. The Labute approximate surface area is 150 Å². The summed E-state index contributed by atoms with van der Waals surface area (Å²) in [6.07, 6.45) is 4.28. The number of aromatic nitrogens is 2. The van der Waals surface area contributed by atoms with Crippen molar-refractivity contribution in [3.8, 4) is 0 Å². The molecule has 2 fully saturated rings. The van der Waals surface area contributed by atoms with Gasteiger partial charge in [-0.15, -0.1) is 0 Å². The summed E-state index contributed by atoms with van der Waals surface area (Å²) in [6, 6.07) is 0.0169. The third-order valence-electron chi connectivity index (χ3n) is 5.28. The maximum atomic E-state index is 12.7. The monoisotopic (exact) mass is 349 g/mol. The van der Waals surface area contributed by atoms with Gasteiger partial charge in [-0.2, -0.15) is 5.10 Å². The number of likely N-dealkylation sites (tertiary alicyclic amines) is 1. The molecule has 1 aromatic heterocycles. The van der Waals surface area contributed by atoms with Crippen molar-refractivity contribution in [3.05, 3.63) is 17.5 Å². The van der Waals surface area contributed by atoms with Gasteiger partial charge in [0.1, 0.15) is 0 Å². The predicted octanol–water partition coefficient (Wildman–Crippen LogP) is 1.54. The molecule has 7 heteroatoms. The quantitative estimate of drug-likeness (QED) is 0.896. The molecule has 0 bridgehead atoms. The summed E-state index contributed by atoms with van der Waals surface area (Å²) in [6.45, 7) is 10.5. The van der Waals surface area contributed by atoms with Crippen LogP contribution < -0.4 is 5.32 Å². The van der Waals surface area contributed by atoms with Crippen molar-refractivity contribution in [2.24, 2.45) is 13.0 Å². The van der Waals surface area contributed by atoms with Gasteiger partial charge in [-0.1, -0.05) is 0 Å². The van der Waals surface area contributed by atoms with E-state index in [1.165, 1.54) is 6.42 Å². The molecule has 1 aromatic rings. The van der Waals surface area contributed by atoms with Gasteiger partial charge in [-0.3, -0.25) is 9.58 Å². The van der Waals surface area contributed by atoms with Crippen molar-refractivity contribution in [2.75, 3.05) is 45.9 Å². The Bertz CT molecular complexity index is 582. The number of rotatable bonds is 4. The van der Waals surface area contributed by atoms with Crippen molar-refractivity contribution >= 4 is 6.03 Å². The zero-order valence-electron chi connectivity index (χ0n) is 15.7. The van der Waals surface area contributed by atoms with Crippen LogP contribution in [0.1, 0.15) is 37.1 Å². The standard InChI is InChI=1S/C18H31N5O2/c1-14(17-13-21(3)20-15(17)2)19-18(24)23-6-4-5-16(12-23)11-22-7-9-25-10-8-22/h13-14,16H,4-12H2,1-3H3,(H,19,24). The highest BCUT2D eigenvalue weighted by Gasteiger charge is 2.27. The molecule has 0 radical (unpaired) electrons. The van der Waals surface area contributed by atoms with E-state index in [1.54, 1.807) is 4.68 Å². The van der Waals surface area contributed by atoms with Gasteiger partial charge >= 0.3 is 6.03 Å². The molecule has 0 aromatic carbocycles. The number of hydrogen-bond acceptors (Lipinski definition) is 4. The molecule has 7 nitrogen and oxygen atoms in total. The molecule has 0 saturated carbocycles. The molecule has 140 valence electrons. The second kappa shape index (κ2) is 8.19. The summed E-state index contributed by atoms with van der Waals surface area (Å²) in [5, 5.41) is 7.51. The maximum Gasteiger partial charge on any atom is 0.317 e. The topological polar surface area (TPSA) is 62.6 Å². The number of aryl methyl sites for hydroxylation is 2. The van der Waals surface area contributed by atoms with Crippen LogP contribution in [0.25, 0.3) is 0 Å². The summed E-state index contributed by atoms with van der Waals surface area (Å²) in [4.78, 5) is 17.1. The third kappa shape index (κ3) is 4.73. The van der Waals surface area contributed by atoms with Gasteiger partial charge < -0.3 is 15.0 Å². The van der Waals surface area contributed by atoms with Crippen LogP contribution in [0, 0.1) is 12.8 Å². The summed E-state index contributed by atoms with van der Waals surface area (Å²) in [5.41, 5.74) is 2.05. The fraction of sp³-hybridized carbons (Fsp3) is 0.778. The van der Waals surface area contributed by atoms with Gasteiger partial charge in [-0.25, -0.2) is 4.79 Å². The minimum absolute atomic E-state index is 0.0270. The number of nitrogens with one attached hydrogen (secondary N) is 1. The molecule has 2 atom stereocenters. The second-order valence-corrected chi connectivity index (χ2v) is 7.38. The Morgan fingerprint density at radius 2 is 2.16 bits per heavy atom. The fourth-order valence-electron chi connectivity index (χ4n) is 3.94. The Balaban J connectivity index is 1.51. The highest BCUT2D eigenvalue weighted by atomic mass is 16.5. The molecular weight excluding hydrogens is 318 g/mol. The molecule has 2 aliphatic heterocycles. The molecule has 2 aliphatic rings. The van der Waals surface area contributed by atoms with E-state index in [-0.39, 0.29) is 12.1 Å². The molecule has 2 unspecified atom stereocenters. The van der Waals surface area contributed by atoms with Crippen LogP contribution in [0.4, 0.5) is 4.79 Å². The Morgan fingerprint density at radius 1 is 1.40 bits per heavy atom. The van der Waals surface area contributed by atoms with Crippen LogP contribution in [-0.4, -0.2) is 71.5 Å². The van der Waals surface area contributed by atoms with Crippen molar-refractivity contribution < 1.29 is 9.53 Å². The molecule has 3 rings (SSSR count). The van der Waals surface area contributed by atoms with Crippen molar-refractivity contribution in [2.45, 2.75) is 32.7 Å². The van der Waals surface area contributed by atoms with Gasteiger partial charge in [0.15, 0.2) is 0 Å². The minimum atomic E-state index is -0.0270. The normalized spacial score (nSPS) is 23.5. The van der Waals surface area contributed by atoms with Crippen molar-refractivity contribution in [1.82, 2.24) is 24.9 Å². The van der Waals surface area contributed by atoms with Crippen LogP contribution in [0.3, 0.4) is 0 Å². The largest absolute Gasteiger partial charge is 0.379 e. The van der Waals surface area contributed by atoms with E-state index in [1.807, 2.05) is 32.0 Å². The van der Waals surface area contributed by atoms with Gasteiger partial charge in [0.2, 0.25) is 0 Å². The first-order valence-electron chi connectivity index (χ1n) is 9.38. The van der Waals surface area contributed by atoms with Gasteiger partial charge in [-0.05, 0) is 32.6 Å². The Hall–Kier alpha value is -1.60. The van der Waals surface area contributed by atoms with E-state index in [0.29, 0.717) is 5.92 Å². The fourth-order valence-corrected chi connectivity index (χ4v) is 3.94. The Kier molecular flexibility index (Phi) is 5.96. The summed E-state index contributed by atoms with van der Waals surface area (Å²) < 4.78 is 7.22. The van der Waals surface area contributed by atoms with Crippen LogP contribution in [-0.2, 0) is 11.8 Å². The first-order valence-corrected chi connectivity index (χ1v) is 9.38. The van der Waals surface area contributed by atoms with E-state index in [4.69, 9.17) is 4.74 Å². The van der Waals surface area contributed by atoms with E-state index in [2.05, 4.69) is 15.3 Å². The maximum absolute atomic E-state index is 12.7. The van der Waals surface area contributed by atoms with E-state index in [9.17, 15) is 4.79 Å². The molecule has 3 heterocycles. The highest BCUT2D eigenvalue weighted by molar-refractivity contribution is 5.74. The van der Waals surface area contributed by atoms with Crippen LogP contribution in [0.2, 0.25) is 0 Å². The highest BCUT2D eigenvalue weighted by Crippen LogP contribution is 2.20. The number of morpholine rings is 1. The van der Waals surface area contributed by atoms with Crippen molar-refractivity contribution in [3.63, 3.8) is 0 Å². The van der Waals surface area contributed by atoms with Gasteiger partial charge in [0.25, 0.3) is 0 Å². The number of carbonyl (C=O) groups is 1. The third-order valence-corrected chi connectivity index (χ3v) is 5.28. The zero-order chi connectivity index (χ0) is 17.8. The van der Waals surface area contributed by atoms with Crippen molar-refractivity contribution in [1.29, 1.82) is 0 Å². The number of carbonyl (C=O) groups excluding carboxylic acids is 1. The average Bonchev–Trinajstić information content (AvgIpc) is 2.94. The molecule has 1 N–H and O–H groups in total. The molecular formula is C18H31N5O2. The first-order chi connectivity index (χ1) is 12.0. The van der Waals surface area contributed by atoms with E-state index >= 15 is 0 Å². The Morgan fingerprint density at radius 3 is 2.84 bits per heavy atom. The number of nitrogens with zero attached hydrogens (tertiary/aromatic N) is 4. The molecule has 0 spiro atoms. The molecule has 0 aliphatic carbocycles. The summed E-state index contributed by atoms with van der Waals surface area (Å²) in [7, 11) is 1.91. The number of amides is 2. The van der Waals surface area contributed by atoms with Gasteiger partial charge in [0, 0.05) is 51.5 Å². The predicted molar refractivity (Wildman–Crippen MR) is 96.4 cm³/mol.